The zero-order valence-electron chi connectivity index (χ0n) is 17.3. The van der Waals surface area contributed by atoms with Crippen molar-refractivity contribution >= 4 is 22.2 Å². The van der Waals surface area contributed by atoms with Gasteiger partial charge in [-0.3, -0.25) is 9.55 Å². The van der Waals surface area contributed by atoms with Gasteiger partial charge in [0.1, 0.15) is 0 Å². The molecule has 5 rings (SSSR count). The van der Waals surface area contributed by atoms with Crippen LogP contribution in [0.4, 0.5) is 0 Å². The molecule has 10 nitrogen and oxygen atoms in total. The van der Waals surface area contributed by atoms with Crippen molar-refractivity contribution in [2.24, 2.45) is 7.05 Å². The molecule has 30 heavy (non-hydrogen) atoms. The predicted molar refractivity (Wildman–Crippen MR) is 110 cm³/mol. The average Bonchev–Trinajstić information content (AvgIpc) is 3.43. The highest BCUT2D eigenvalue weighted by atomic mass is 16.7. The number of fused-ring (bicyclic) bond motifs is 3. The highest BCUT2D eigenvalue weighted by Gasteiger charge is 2.30. The van der Waals surface area contributed by atoms with Crippen LogP contribution >= 0.6 is 0 Å². The number of pyridine rings is 1. The summed E-state index contributed by atoms with van der Waals surface area (Å²) in [5.41, 5.74) is 2.93. The third-order valence-corrected chi connectivity index (χ3v) is 5.32. The van der Waals surface area contributed by atoms with E-state index in [1.54, 1.807) is 27.5 Å². The molecule has 0 fully saturated rings. The minimum absolute atomic E-state index is 0.0870. The predicted octanol–water partition coefficient (Wildman–Crippen LogP) is 2.61. The number of hydrogen-bond acceptors (Lipinski definition) is 7. The Morgan fingerprint density at radius 1 is 1.20 bits per heavy atom. The molecule has 4 heterocycles. The minimum Gasteiger partial charge on any atom is -0.492 e. The lowest BCUT2D eigenvalue weighted by atomic mass is 10.00. The monoisotopic (exact) mass is 411 g/mol. The normalized spacial score (nSPS) is 13.0. The largest absolute Gasteiger partial charge is 0.492 e. The van der Waals surface area contributed by atoms with Crippen molar-refractivity contribution < 1.29 is 18.9 Å². The van der Waals surface area contributed by atoms with Crippen molar-refractivity contribution in [3.05, 3.63) is 22.7 Å². The standard InChI is InChI=1S/C20H21N5O5/c1-9(2)25-19-11(7-21-25)13(14-18(22-19)23-20(26)24(14)3)10-6-12-16(30-8-29-12)17(28-5)15(10)27-4/h6-7,9H,8H2,1-5H3,(H,22,23,26). The molecule has 1 aliphatic rings. The van der Waals surface area contributed by atoms with Crippen LogP contribution in [0, 0.1) is 0 Å². The SMILES string of the molecule is COc1c(-c2c3cnn(C(C)C)c3nc3[nH]c(=O)n(C)c23)cc2c(c1OC)OCO2. The molecule has 4 aromatic rings. The Morgan fingerprint density at radius 2 is 1.97 bits per heavy atom. The first-order valence-corrected chi connectivity index (χ1v) is 9.47. The molecule has 0 atom stereocenters. The van der Waals surface area contributed by atoms with Crippen LogP contribution in [-0.2, 0) is 7.05 Å². The number of aryl methyl sites for hydroxylation is 1. The quantitative estimate of drug-likeness (QED) is 0.550. The molecule has 10 heteroatoms. The van der Waals surface area contributed by atoms with Gasteiger partial charge in [0.05, 0.1) is 25.9 Å². The molecule has 0 unspecified atom stereocenters. The van der Waals surface area contributed by atoms with E-state index in [1.165, 1.54) is 4.57 Å². The molecule has 0 aliphatic carbocycles. The molecular formula is C20H21N5O5. The van der Waals surface area contributed by atoms with Crippen molar-refractivity contribution in [2.75, 3.05) is 21.0 Å². The molecule has 0 saturated heterocycles. The van der Waals surface area contributed by atoms with Crippen LogP contribution in [0.5, 0.6) is 23.0 Å². The van der Waals surface area contributed by atoms with E-state index in [0.29, 0.717) is 45.4 Å². The van der Waals surface area contributed by atoms with Crippen molar-refractivity contribution in [2.45, 2.75) is 19.9 Å². The first-order chi connectivity index (χ1) is 14.5. The summed E-state index contributed by atoms with van der Waals surface area (Å²) >= 11 is 0. The topological polar surface area (TPSA) is 105 Å². The Hall–Kier alpha value is -3.69. The summed E-state index contributed by atoms with van der Waals surface area (Å²) in [5, 5.41) is 5.31. The highest BCUT2D eigenvalue weighted by molar-refractivity contribution is 6.08. The van der Waals surface area contributed by atoms with E-state index < -0.39 is 0 Å². The van der Waals surface area contributed by atoms with Crippen LogP contribution in [0.2, 0.25) is 0 Å². The van der Waals surface area contributed by atoms with E-state index in [4.69, 9.17) is 23.9 Å². The maximum atomic E-state index is 12.5. The van der Waals surface area contributed by atoms with E-state index in [9.17, 15) is 4.79 Å². The lowest BCUT2D eigenvalue weighted by molar-refractivity contribution is 0.170. The van der Waals surface area contributed by atoms with E-state index >= 15 is 0 Å². The summed E-state index contributed by atoms with van der Waals surface area (Å²) in [6.45, 7) is 4.14. The van der Waals surface area contributed by atoms with Crippen molar-refractivity contribution in [3.63, 3.8) is 0 Å². The molecular weight excluding hydrogens is 390 g/mol. The molecule has 3 aromatic heterocycles. The second-order valence-corrected chi connectivity index (χ2v) is 7.32. The maximum Gasteiger partial charge on any atom is 0.327 e. The number of methoxy groups -OCH3 is 2. The van der Waals surface area contributed by atoms with Crippen molar-refractivity contribution in [1.82, 2.24) is 24.3 Å². The Bertz CT molecular complexity index is 1360. The van der Waals surface area contributed by atoms with Gasteiger partial charge in [-0.1, -0.05) is 0 Å². The fourth-order valence-electron chi connectivity index (χ4n) is 3.97. The fourth-order valence-corrected chi connectivity index (χ4v) is 3.97. The van der Waals surface area contributed by atoms with Crippen LogP contribution in [-0.4, -0.2) is 45.3 Å². The fraction of sp³-hybridized carbons (Fsp3) is 0.350. The minimum atomic E-state index is -0.262. The van der Waals surface area contributed by atoms with Crippen LogP contribution < -0.4 is 24.6 Å². The van der Waals surface area contributed by atoms with Gasteiger partial charge in [-0.2, -0.15) is 5.10 Å². The molecule has 156 valence electrons. The summed E-state index contributed by atoms with van der Waals surface area (Å²) in [4.78, 5) is 20.0. The number of nitrogens with one attached hydrogen (secondary N) is 1. The Morgan fingerprint density at radius 3 is 2.67 bits per heavy atom. The Labute approximate surface area is 170 Å². The van der Waals surface area contributed by atoms with Gasteiger partial charge in [0.15, 0.2) is 22.8 Å². The summed E-state index contributed by atoms with van der Waals surface area (Å²) in [6, 6.07) is 1.92. The summed E-state index contributed by atoms with van der Waals surface area (Å²) in [6.07, 6.45) is 1.76. The first kappa shape index (κ1) is 18.3. The van der Waals surface area contributed by atoms with Gasteiger partial charge in [0, 0.05) is 29.6 Å². The third-order valence-electron chi connectivity index (χ3n) is 5.32. The smallest absolute Gasteiger partial charge is 0.327 e. The molecule has 0 amide bonds. The van der Waals surface area contributed by atoms with Crippen LogP contribution in [0.25, 0.3) is 33.3 Å². The van der Waals surface area contributed by atoms with E-state index in [0.717, 1.165) is 10.9 Å². The number of rotatable bonds is 4. The van der Waals surface area contributed by atoms with Crippen LogP contribution in [0.15, 0.2) is 17.1 Å². The number of hydrogen-bond donors (Lipinski definition) is 1. The second kappa shape index (κ2) is 6.41. The molecule has 0 spiro atoms. The maximum absolute atomic E-state index is 12.5. The molecule has 0 bridgehead atoms. The number of imidazole rings is 1. The number of aromatic amines is 1. The Balaban J connectivity index is 1.99. The van der Waals surface area contributed by atoms with E-state index in [-0.39, 0.29) is 18.5 Å². The zero-order valence-corrected chi connectivity index (χ0v) is 17.3. The summed E-state index contributed by atoms with van der Waals surface area (Å²) in [7, 11) is 4.80. The van der Waals surface area contributed by atoms with Gasteiger partial charge in [-0.05, 0) is 19.9 Å². The van der Waals surface area contributed by atoms with Gasteiger partial charge in [0.25, 0.3) is 0 Å². The Kier molecular flexibility index (Phi) is 3.92. The number of ether oxygens (including phenoxy) is 4. The second-order valence-electron chi connectivity index (χ2n) is 7.32. The first-order valence-electron chi connectivity index (χ1n) is 9.47. The van der Waals surface area contributed by atoms with Crippen LogP contribution in [0.3, 0.4) is 0 Å². The molecule has 1 N–H and O–H groups in total. The lowest BCUT2D eigenvalue weighted by Crippen LogP contribution is -2.12. The average molecular weight is 411 g/mol. The number of H-pyrrole nitrogens is 1. The number of benzene rings is 1. The van der Waals surface area contributed by atoms with Gasteiger partial charge in [-0.25, -0.2) is 14.5 Å². The lowest BCUT2D eigenvalue weighted by Gasteiger charge is -2.16. The molecule has 1 aliphatic heterocycles. The summed E-state index contributed by atoms with van der Waals surface area (Å²) in [5.74, 6) is 1.93. The van der Waals surface area contributed by atoms with Gasteiger partial charge < -0.3 is 18.9 Å². The molecule has 0 radical (unpaired) electrons. The molecule has 0 saturated carbocycles. The van der Waals surface area contributed by atoms with Gasteiger partial charge in [-0.15, -0.1) is 0 Å². The summed E-state index contributed by atoms with van der Waals surface area (Å²) < 4.78 is 25.9. The van der Waals surface area contributed by atoms with Crippen molar-refractivity contribution in [3.8, 4) is 34.1 Å². The van der Waals surface area contributed by atoms with Crippen LogP contribution in [0.1, 0.15) is 19.9 Å². The number of nitrogens with zero attached hydrogens (tertiary/aromatic N) is 4. The highest BCUT2D eigenvalue weighted by Crippen LogP contribution is 2.53. The van der Waals surface area contributed by atoms with E-state index in [2.05, 4.69) is 10.1 Å². The van der Waals surface area contributed by atoms with Crippen molar-refractivity contribution in [1.29, 1.82) is 0 Å². The number of aromatic nitrogens is 5. The van der Waals surface area contributed by atoms with Gasteiger partial charge in [0.2, 0.25) is 18.3 Å². The third kappa shape index (κ3) is 2.33. The zero-order chi connectivity index (χ0) is 21.2. The molecule has 1 aromatic carbocycles. The van der Waals surface area contributed by atoms with Gasteiger partial charge >= 0.3 is 5.69 Å². The van der Waals surface area contributed by atoms with E-state index in [1.807, 2.05) is 24.6 Å².